The number of rotatable bonds is 5. The standard InChI is InChI=1S/C15H28N6OS/c1-5-16-14(17-8-9-23(22)15(2,3)4)20-12-6-7-13-18-11-19-21(13)10-12/h11-12H,5-10H2,1-4H3,(H2,16,17,20). The largest absolute Gasteiger partial charge is 0.357 e. The van der Waals surface area contributed by atoms with Crippen LogP contribution in [0, 0.1) is 0 Å². The molecule has 1 aliphatic rings. The molecule has 0 amide bonds. The predicted molar refractivity (Wildman–Crippen MR) is 94.0 cm³/mol. The quantitative estimate of drug-likeness (QED) is 0.609. The van der Waals surface area contributed by atoms with Crippen LogP contribution in [0.4, 0.5) is 0 Å². The van der Waals surface area contributed by atoms with Crippen molar-refractivity contribution in [3.63, 3.8) is 0 Å². The molecule has 0 aliphatic carbocycles. The molecule has 1 aliphatic heterocycles. The third-order valence-corrected chi connectivity index (χ3v) is 5.64. The Balaban J connectivity index is 1.88. The summed E-state index contributed by atoms with van der Waals surface area (Å²) in [7, 11) is -0.874. The number of hydrogen-bond donors (Lipinski definition) is 2. The Bertz CT molecular complexity index is 563. The van der Waals surface area contributed by atoms with Crippen LogP contribution >= 0.6 is 0 Å². The summed E-state index contributed by atoms with van der Waals surface area (Å²) in [6, 6.07) is 0.287. The SMILES string of the molecule is CCNC(=NCCS(=O)C(C)(C)C)NC1CCc2ncnn2C1. The average molecular weight is 340 g/mol. The fourth-order valence-corrected chi connectivity index (χ4v) is 3.28. The van der Waals surface area contributed by atoms with Crippen LogP contribution in [0.15, 0.2) is 11.3 Å². The summed E-state index contributed by atoms with van der Waals surface area (Å²) >= 11 is 0. The molecule has 130 valence electrons. The van der Waals surface area contributed by atoms with Gasteiger partial charge in [0.2, 0.25) is 0 Å². The van der Waals surface area contributed by atoms with Gasteiger partial charge in [0.25, 0.3) is 0 Å². The second-order valence-electron chi connectivity index (χ2n) is 6.66. The first kappa shape index (κ1) is 17.9. The molecule has 0 radical (unpaired) electrons. The molecule has 2 heterocycles. The first-order valence-corrected chi connectivity index (χ1v) is 9.52. The molecule has 0 fully saturated rings. The first-order chi connectivity index (χ1) is 10.9. The van der Waals surface area contributed by atoms with Gasteiger partial charge in [0, 0.05) is 40.3 Å². The Kier molecular flexibility index (Phi) is 6.15. The minimum Gasteiger partial charge on any atom is -0.357 e. The number of guanidine groups is 1. The normalized spacial score (nSPS) is 20.0. The molecule has 7 nitrogen and oxygen atoms in total. The van der Waals surface area contributed by atoms with E-state index in [1.807, 2.05) is 32.4 Å². The lowest BCUT2D eigenvalue weighted by molar-refractivity contribution is 0.393. The number of aryl methyl sites for hydroxylation is 1. The Morgan fingerprint density at radius 2 is 2.30 bits per heavy atom. The molecule has 2 unspecified atom stereocenters. The first-order valence-electron chi connectivity index (χ1n) is 8.20. The van der Waals surface area contributed by atoms with E-state index in [2.05, 4.69) is 25.7 Å². The van der Waals surface area contributed by atoms with Crippen molar-refractivity contribution in [1.82, 2.24) is 25.4 Å². The second-order valence-corrected chi connectivity index (χ2v) is 8.99. The molecule has 2 N–H and O–H groups in total. The fraction of sp³-hybridized carbons (Fsp3) is 0.800. The lowest BCUT2D eigenvalue weighted by Gasteiger charge is -2.25. The van der Waals surface area contributed by atoms with E-state index in [4.69, 9.17) is 0 Å². The monoisotopic (exact) mass is 340 g/mol. The van der Waals surface area contributed by atoms with Crippen LogP contribution in [-0.4, -0.2) is 54.6 Å². The van der Waals surface area contributed by atoms with Crippen molar-refractivity contribution in [3.05, 3.63) is 12.2 Å². The van der Waals surface area contributed by atoms with E-state index >= 15 is 0 Å². The number of nitrogens with zero attached hydrogens (tertiary/aromatic N) is 4. The van der Waals surface area contributed by atoms with Crippen LogP contribution in [0.2, 0.25) is 0 Å². The van der Waals surface area contributed by atoms with Gasteiger partial charge in [-0.15, -0.1) is 0 Å². The summed E-state index contributed by atoms with van der Waals surface area (Å²) in [5.74, 6) is 2.41. The van der Waals surface area contributed by atoms with Crippen molar-refractivity contribution >= 4 is 16.8 Å². The van der Waals surface area contributed by atoms with Crippen LogP contribution in [0.5, 0.6) is 0 Å². The van der Waals surface area contributed by atoms with Gasteiger partial charge in [-0.05, 0) is 34.1 Å². The van der Waals surface area contributed by atoms with Gasteiger partial charge in [-0.2, -0.15) is 5.10 Å². The zero-order chi connectivity index (χ0) is 16.9. The van der Waals surface area contributed by atoms with Crippen LogP contribution < -0.4 is 10.6 Å². The van der Waals surface area contributed by atoms with Gasteiger partial charge in [0.05, 0.1) is 13.1 Å². The van der Waals surface area contributed by atoms with Crippen molar-refractivity contribution < 1.29 is 4.21 Å². The van der Waals surface area contributed by atoms with E-state index < -0.39 is 10.8 Å². The molecular formula is C15H28N6OS. The van der Waals surface area contributed by atoms with Gasteiger partial charge in [0.1, 0.15) is 12.2 Å². The zero-order valence-electron chi connectivity index (χ0n) is 14.5. The highest BCUT2D eigenvalue weighted by atomic mass is 32.2. The van der Waals surface area contributed by atoms with Gasteiger partial charge < -0.3 is 10.6 Å². The van der Waals surface area contributed by atoms with Gasteiger partial charge >= 0.3 is 0 Å². The van der Waals surface area contributed by atoms with Crippen molar-refractivity contribution in [3.8, 4) is 0 Å². The molecular weight excluding hydrogens is 312 g/mol. The minimum atomic E-state index is -0.874. The zero-order valence-corrected chi connectivity index (χ0v) is 15.3. The third-order valence-electron chi connectivity index (χ3n) is 3.72. The summed E-state index contributed by atoms with van der Waals surface area (Å²) in [5, 5.41) is 10.9. The summed E-state index contributed by atoms with van der Waals surface area (Å²) in [6.07, 6.45) is 3.54. The average Bonchev–Trinajstić information content (AvgIpc) is 2.93. The van der Waals surface area contributed by atoms with Crippen LogP contribution in [-0.2, 0) is 23.8 Å². The number of aliphatic imine (C=N–C) groups is 1. The topological polar surface area (TPSA) is 84.2 Å². The number of hydrogen-bond acceptors (Lipinski definition) is 4. The third kappa shape index (κ3) is 5.30. The highest BCUT2D eigenvalue weighted by molar-refractivity contribution is 7.86. The minimum absolute atomic E-state index is 0.186. The van der Waals surface area contributed by atoms with Crippen molar-refractivity contribution in [2.75, 3.05) is 18.8 Å². The van der Waals surface area contributed by atoms with Crippen molar-refractivity contribution in [2.24, 2.45) is 4.99 Å². The maximum absolute atomic E-state index is 12.1. The van der Waals surface area contributed by atoms with Crippen LogP contribution in [0.25, 0.3) is 0 Å². The summed E-state index contributed by atoms with van der Waals surface area (Å²) in [5.41, 5.74) is 0. The molecule has 0 bridgehead atoms. The number of aromatic nitrogens is 3. The molecule has 0 aromatic carbocycles. The van der Waals surface area contributed by atoms with E-state index in [1.54, 1.807) is 6.33 Å². The molecule has 8 heteroatoms. The predicted octanol–water partition coefficient (Wildman–Crippen LogP) is 0.695. The fourth-order valence-electron chi connectivity index (χ4n) is 2.42. The Morgan fingerprint density at radius 3 is 3.00 bits per heavy atom. The maximum Gasteiger partial charge on any atom is 0.191 e. The molecule has 0 spiro atoms. The number of nitrogens with one attached hydrogen (secondary N) is 2. The molecule has 2 rings (SSSR count). The molecule has 1 aromatic rings. The van der Waals surface area contributed by atoms with E-state index in [9.17, 15) is 4.21 Å². The highest BCUT2D eigenvalue weighted by Crippen LogP contribution is 2.12. The highest BCUT2D eigenvalue weighted by Gasteiger charge is 2.21. The molecule has 1 aromatic heterocycles. The van der Waals surface area contributed by atoms with E-state index in [-0.39, 0.29) is 10.8 Å². The lowest BCUT2D eigenvalue weighted by atomic mass is 10.1. The molecule has 2 atom stereocenters. The van der Waals surface area contributed by atoms with Crippen LogP contribution in [0.3, 0.4) is 0 Å². The van der Waals surface area contributed by atoms with E-state index in [0.29, 0.717) is 12.3 Å². The second kappa shape index (κ2) is 7.90. The smallest absolute Gasteiger partial charge is 0.191 e. The van der Waals surface area contributed by atoms with Gasteiger partial charge in [-0.25, -0.2) is 9.67 Å². The molecule has 23 heavy (non-hydrogen) atoms. The van der Waals surface area contributed by atoms with Crippen molar-refractivity contribution in [2.45, 2.75) is 57.9 Å². The Morgan fingerprint density at radius 1 is 1.52 bits per heavy atom. The Hall–Kier alpha value is -1.44. The van der Waals surface area contributed by atoms with Gasteiger partial charge in [-0.1, -0.05) is 0 Å². The van der Waals surface area contributed by atoms with Crippen LogP contribution in [0.1, 0.15) is 39.9 Å². The van der Waals surface area contributed by atoms with E-state index in [1.165, 1.54) is 0 Å². The van der Waals surface area contributed by atoms with E-state index in [0.717, 1.165) is 37.7 Å². The summed E-state index contributed by atoms with van der Waals surface area (Å²) < 4.78 is 13.8. The maximum atomic E-state index is 12.1. The molecule has 0 saturated heterocycles. The van der Waals surface area contributed by atoms with Gasteiger partial charge in [-0.3, -0.25) is 9.20 Å². The van der Waals surface area contributed by atoms with Gasteiger partial charge in [0.15, 0.2) is 5.96 Å². The lowest BCUT2D eigenvalue weighted by Crippen LogP contribution is -2.47. The number of fused-ring (bicyclic) bond motifs is 1. The molecule has 0 saturated carbocycles. The summed E-state index contributed by atoms with van der Waals surface area (Å²) in [6.45, 7) is 10.2. The summed E-state index contributed by atoms with van der Waals surface area (Å²) in [4.78, 5) is 8.80. The van der Waals surface area contributed by atoms with Crippen molar-refractivity contribution in [1.29, 1.82) is 0 Å². The Labute approximate surface area is 140 Å².